The molecule has 2 aliphatic rings. The minimum atomic E-state index is -0.967. The van der Waals surface area contributed by atoms with Gasteiger partial charge in [0.25, 0.3) is 5.91 Å². The van der Waals surface area contributed by atoms with Crippen LogP contribution in [-0.4, -0.2) is 28.1 Å². The Morgan fingerprint density at radius 2 is 2.32 bits per heavy atom. The molecular formula is C19H23N3O2S. The topological polar surface area (TPSA) is 61.8 Å². The highest BCUT2D eigenvalue weighted by Crippen LogP contribution is 2.31. The Morgan fingerprint density at radius 3 is 3.00 bits per heavy atom. The van der Waals surface area contributed by atoms with Gasteiger partial charge in [-0.05, 0) is 49.4 Å². The van der Waals surface area contributed by atoms with E-state index in [4.69, 9.17) is 0 Å². The van der Waals surface area contributed by atoms with Crippen molar-refractivity contribution < 1.29 is 9.59 Å². The van der Waals surface area contributed by atoms with E-state index >= 15 is 0 Å². The van der Waals surface area contributed by atoms with Gasteiger partial charge >= 0.3 is 0 Å². The molecule has 1 aromatic heterocycles. The van der Waals surface area contributed by atoms with Crippen LogP contribution in [0.3, 0.4) is 0 Å². The maximum absolute atomic E-state index is 13.2. The van der Waals surface area contributed by atoms with Gasteiger partial charge in [0, 0.05) is 11.1 Å². The lowest BCUT2D eigenvalue weighted by Gasteiger charge is -2.42. The second-order valence-corrected chi connectivity index (χ2v) is 7.70. The fourth-order valence-corrected chi connectivity index (χ4v) is 4.02. The molecule has 2 atom stereocenters. The van der Waals surface area contributed by atoms with E-state index in [9.17, 15) is 9.59 Å². The predicted octanol–water partition coefficient (Wildman–Crippen LogP) is 3.57. The molecule has 0 bridgehead atoms. The third-order valence-corrected chi connectivity index (χ3v) is 5.60. The summed E-state index contributed by atoms with van der Waals surface area (Å²) < 4.78 is 0. The van der Waals surface area contributed by atoms with Crippen LogP contribution in [0.1, 0.15) is 51.0 Å². The second kappa shape index (κ2) is 6.96. The van der Waals surface area contributed by atoms with Gasteiger partial charge in [0.1, 0.15) is 11.4 Å². The first kappa shape index (κ1) is 17.6. The highest BCUT2D eigenvalue weighted by atomic mass is 32.1. The maximum atomic E-state index is 13.2. The number of hydrogen-bond donors (Lipinski definition) is 1. The molecular weight excluding hydrogens is 334 g/mol. The lowest BCUT2D eigenvalue weighted by Crippen LogP contribution is -2.60. The van der Waals surface area contributed by atoms with Crippen LogP contribution in [0.4, 0.5) is 0 Å². The summed E-state index contributed by atoms with van der Waals surface area (Å²) in [7, 11) is 0. The lowest BCUT2D eigenvalue weighted by molar-refractivity contribution is -0.135. The van der Waals surface area contributed by atoms with Gasteiger partial charge in [-0.2, -0.15) is 4.99 Å². The van der Waals surface area contributed by atoms with Gasteiger partial charge in [-0.15, -0.1) is 11.3 Å². The quantitative estimate of drug-likeness (QED) is 0.876. The fourth-order valence-electron chi connectivity index (χ4n) is 3.21. The number of thiophene rings is 1. The van der Waals surface area contributed by atoms with E-state index in [0.717, 1.165) is 23.3 Å². The van der Waals surface area contributed by atoms with Crippen molar-refractivity contribution in [2.24, 2.45) is 4.99 Å². The summed E-state index contributed by atoms with van der Waals surface area (Å²) >= 11 is 1.64. The molecule has 0 radical (unpaired) electrons. The number of carbonyl (C=O) groups is 2. The number of aliphatic imine (C=N–C) groups is 1. The Hall–Kier alpha value is -2.21. The van der Waals surface area contributed by atoms with Gasteiger partial charge in [-0.25, -0.2) is 0 Å². The number of rotatable bonds is 5. The van der Waals surface area contributed by atoms with Gasteiger partial charge in [0.2, 0.25) is 5.91 Å². The van der Waals surface area contributed by atoms with E-state index in [1.54, 1.807) is 11.3 Å². The third-order valence-electron chi connectivity index (χ3n) is 4.61. The van der Waals surface area contributed by atoms with Crippen molar-refractivity contribution in [3.63, 3.8) is 0 Å². The fraction of sp³-hybridized carbons (Fsp3) is 0.421. The summed E-state index contributed by atoms with van der Waals surface area (Å²) in [5.74, 6) is 0.140. The summed E-state index contributed by atoms with van der Waals surface area (Å²) in [6, 6.07) is 4.00. The van der Waals surface area contributed by atoms with Gasteiger partial charge in [-0.1, -0.05) is 19.4 Å². The number of amidine groups is 1. The number of amides is 2. The first-order valence-electron chi connectivity index (χ1n) is 8.56. The summed E-state index contributed by atoms with van der Waals surface area (Å²) in [4.78, 5) is 32.4. The van der Waals surface area contributed by atoms with E-state index in [1.165, 1.54) is 0 Å². The molecule has 0 saturated carbocycles. The van der Waals surface area contributed by atoms with Gasteiger partial charge in [-0.3, -0.25) is 9.59 Å². The molecule has 0 saturated heterocycles. The monoisotopic (exact) mass is 357 g/mol. The average Bonchev–Trinajstić information content (AvgIpc) is 3.07. The summed E-state index contributed by atoms with van der Waals surface area (Å²) in [5.41, 5.74) is 0.0420. The molecule has 2 aliphatic heterocycles. The van der Waals surface area contributed by atoms with E-state index in [2.05, 4.69) is 17.2 Å². The minimum Gasteiger partial charge on any atom is -0.346 e. The molecule has 25 heavy (non-hydrogen) atoms. The molecule has 0 fully saturated rings. The van der Waals surface area contributed by atoms with E-state index in [1.807, 2.05) is 54.6 Å². The van der Waals surface area contributed by atoms with Crippen LogP contribution < -0.4 is 5.32 Å². The normalized spacial score (nSPS) is 23.6. The highest BCUT2D eigenvalue weighted by Gasteiger charge is 2.45. The van der Waals surface area contributed by atoms with Crippen molar-refractivity contribution in [3.05, 3.63) is 46.3 Å². The average molecular weight is 357 g/mol. The first-order chi connectivity index (χ1) is 11.9. The number of carbonyl (C=O) groups excluding carboxylic acids is 2. The zero-order chi connectivity index (χ0) is 18.0. The van der Waals surface area contributed by atoms with Crippen molar-refractivity contribution in [2.45, 2.75) is 51.6 Å². The zero-order valence-electron chi connectivity index (χ0n) is 14.8. The Balaban J connectivity index is 1.86. The van der Waals surface area contributed by atoms with E-state index in [-0.39, 0.29) is 24.3 Å². The molecule has 6 heteroatoms. The van der Waals surface area contributed by atoms with Crippen molar-refractivity contribution in [1.29, 1.82) is 0 Å². The summed E-state index contributed by atoms with van der Waals surface area (Å²) in [6.45, 7) is 5.86. The highest BCUT2D eigenvalue weighted by molar-refractivity contribution is 7.10. The van der Waals surface area contributed by atoms with Crippen LogP contribution in [0.2, 0.25) is 0 Å². The molecule has 132 valence electrons. The molecule has 5 nitrogen and oxygen atoms in total. The molecule has 3 rings (SSSR count). The Labute approximate surface area is 152 Å². The number of nitrogens with one attached hydrogen (secondary N) is 1. The van der Waals surface area contributed by atoms with Crippen LogP contribution >= 0.6 is 11.3 Å². The Morgan fingerprint density at radius 1 is 1.52 bits per heavy atom. The SMILES string of the molecule is CCC[C@@H](NC(=O)[C@]1(C)CC(=O)N=C2C=C(C)C=CN21)c1cccs1. The molecule has 1 N–H and O–H groups in total. The zero-order valence-corrected chi connectivity index (χ0v) is 15.6. The standard InChI is InChI=1S/C19H23N3O2S/c1-4-6-14(15-7-5-10-25-15)20-18(24)19(3)12-17(23)21-16-11-13(2)8-9-22(16)19/h5,7-11,14H,4,6,12H2,1-3H3,(H,20,24)/t14-,19+/m1/s1. The molecule has 1 aromatic rings. The van der Waals surface area contributed by atoms with Crippen molar-refractivity contribution in [1.82, 2.24) is 10.2 Å². The van der Waals surface area contributed by atoms with Crippen molar-refractivity contribution >= 4 is 29.0 Å². The number of allylic oxidation sites excluding steroid dienone is 2. The Bertz CT molecular complexity index is 764. The molecule has 0 aliphatic carbocycles. The van der Waals surface area contributed by atoms with Crippen LogP contribution in [-0.2, 0) is 9.59 Å². The minimum absolute atomic E-state index is 0.0298. The molecule has 0 unspecified atom stereocenters. The molecule has 2 amide bonds. The first-order valence-corrected chi connectivity index (χ1v) is 9.43. The van der Waals surface area contributed by atoms with Crippen molar-refractivity contribution in [3.8, 4) is 0 Å². The van der Waals surface area contributed by atoms with Crippen molar-refractivity contribution in [2.75, 3.05) is 0 Å². The number of hydrogen-bond acceptors (Lipinski definition) is 4. The smallest absolute Gasteiger partial charge is 0.250 e. The maximum Gasteiger partial charge on any atom is 0.250 e. The van der Waals surface area contributed by atoms with Gasteiger partial charge in [0.15, 0.2) is 0 Å². The largest absolute Gasteiger partial charge is 0.346 e. The summed E-state index contributed by atoms with van der Waals surface area (Å²) in [5, 5.41) is 5.18. The van der Waals surface area contributed by atoms with Crippen LogP contribution in [0, 0.1) is 0 Å². The lowest BCUT2D eigenvalue weighted by atomic mass is 9.90. The molecule has 3 heterocycles. The van der Waals surface area contributed by atoms with Gasteiger partial charge in [0.05, 0.1) is 12.5 Å². The van der Waals surface area contributed by atoms with Gasteiger partial charge < -0.3 is 10.2 Å². The molecule has 0 spiro atoms. The predicted molar refractivity (Wildman–Crippen MR) is 100 cm³/mol. The number of fused-ring (bicyclic) bond motifs is 1. The van der Waals surface area contributed by atoms with Crippen LogP contribution in [0.25, 0.3) is 0 Å². The van der Waals surface area contributed by atoms with E-state index in [0.29, 0.717) is 5.84 Å². The Kier molecular flexibility index (Phi) is 4.90. The molecule has 0 aromatic carbocycles. The van der Waals surface area contributed by atoms with E-state index < -0.39 is 5.54 Å². The second-order valence-electron chi connectivity index (χ2n) is 6.72. The number of nitrogens with zero attached hydrogens (tertiary/aromatic N) is 2. The van der Waals surface area contributed by atoms with Crippen LogP contribution in [0.15, 0.2) is 46.4 Å². The van der Waals surface area contributed by atoms with Crippen LogP contribution in [0.5, 0.6) is 0 Å². The third kappa shape index (κ3) is 3.44. The summed E-state index contributed by atoms with van der Waals surface area (Å²) in [6.07, 6.45) is 7.53.